The van der Waals surface area contributed by atoms with Gasteiger partial charge in [0.2, 0.25) is 0 Å². The van der Waals surface area contributed by atoms with Gasteiger partial charge in [-0.05, 0) is 38.3 Å². The third-order valence-electron chi connectivity index (χ3n) is 3.82. The van der Waals surface area contributed by atoms with E-state index in [0.29, 0.717) is 22.7 Å². The summed E-state index contributed by atoms with van der Waals surface area (Å²) in [7, 11) is 3.07. The van der Waals surface area contributed by atoms with Crippen LogP contribution in [0.15, 0.2) is 12.1 Å². The van der Waals surface area contributed by atoms with Crippen LogP contribution < -0.4 is 15.2 Å². The zero-order chi connectivity index (χ0) is 14.7. The van der Waals surface area contributed by atoms with Crippen molar-refractivity contribution in [1.82, 2.24) is 4.90 Å². The Bertz CT molecular complexity index is 502. The van der Waals surface area contributed by atoms with Gasteiger partial charge in [0, 0.05) is 18.2 Å². The first kappa shape index (κ1) is 14.5. The summed E-state index contributed by atoms with van der Waals surface area (Å²) in [5, 5.41) is 0. The number of ether oxygens (including phenoxy) is 2. The second kappa shape index (κ2) is 6.03. The summed E-state index contributed by atoms with van der Waals surface area (Å²) in [4.78, 5) is 14.5. The van der Waals surface area contributed by atoms with Crippen LogP contribution in [-0.2, 0) is 0 Å². The first-order valence-corrected chi connectivity index (χ1v) is 6.91. The number of methoxy groups -OCH3 is 2. The normalized spacial score (nSPS) is 18.8. The zero-order valence-electron chi connectivity index (χ0n) is 12.3. The van der Waals surface area contributed by atoms with Gasteiger partial charge in [-0.2, -0.15) is 0 Å². The number of benzene rings is 1. The number of carbonyl (C=O) groups excluding carboxylic acids is 1. The highest BCUT2D eigenvalue weighted by molar-refractivity contribution is 5.96. The van der Waals surface area contributed by atoms with E-state index < -0.39 is 0 Å². The van der Waals surface area contributed by atoms with Crippen molar-refractivity contribution in [1.29, 1.82) is 0 Å². The van der Waals surface area contributed by atoms with Crippen molar-refractivity contribution in [2.45, 2.75) is 32.2 Å². The molecule has 0 saturated carbocycles. The molecule has 2 N–H and O–H groups in total. The number of carbonyl (C=O) groups is 1. The quantitative estimate of drug-likeness (QED) is 0.862. The maximum atomic E-state index is 12.6. The van der Waals surface area contributed by atoms with Gasteiger partial charge in [0.25, 0.3) is 5.91 Å². The molecule has 110 valence electrons. The molecule has 0 radical (unpaired) electrons. The summed E-state index contributed by atoms with van der Waals surface area (Å²) < 4.78 is 10.4. The van der Waals surface area contributed by atoms with Crippen molar-refractivity contribution in [3.63, 3.8) is 0 Å². The summed E-state index contributed by atoms with van der Waals surface area (Å²) >= 11 is 0. The maximum absolute atomic E-state index is 12.6. The molecule has 1 amide bonds. The lowest BCUT2D eigenvalue weighted by Gasteiger charge is -2.33. The van der Waals surface area contributed by atoms with Gasteiger partial charge in [0.1, 0.15) is 0 Å². The topological polar surface area (TPSA) is 64.8 Å². The van der Waals surface area contributed by atoms with Crippen LogP contribution in [0.5, 0.6) is 11.5 Å². The molecule has 1 fully saturated rings. The van der Waals surface area contributed by atoms with E-state index in [1.54, 1.807) is 12.1 Å². The van der Waals surface area contributed by atoms with Gasteiger partial charge in [-0.1, -0.05) is 0 Å². The molecule has 1 aromatic carbocycles. The molecule has 5 nitrogen and oxygen atoms in total. The fourth-order valence-corrected chi connectivity index (χ4v) is 2.68. The summed E-state index contributed by atoms with van der Waals surface area (Å²) in [5.74, 6) is 0.959. The second-order valence-electron chi connectivity index (χ2n) is 5.14. The molecule has 20 heavy (non-hydrogen) atoms. The van der Waals surface area contributed by atoms with E-state index in [-0.39, 0.29) is 11.9 Å². The molecule has 0 spiro atoms. The molecule has 1 aromatic rings. The highest BCUT2D eigenvalue weighted by Gasteiger charge is 2.25. The second-order valence-corrected chi connectivity index (χ2v) is 5.14. The zero-order valence-corrected chi connectivity index (χ0v) is 12.3. The van der Waals surface area contributed by atoms with E-state index in [1.807, 2.05) is 4.90 Å². The number of hydrogen-bond acceptors (Lipinski definition) is 4. The summed E-state index contributed by atoms with van der Waals surface area (Å²) in [6.07, 6.45) is 3.28. The molecule has 1 saturated heterocycles. The number of nitrogen functional groups attached to an aromatic ring is 1. The van der Waals surface area contributed by atoms with Crippen LogP contribution >= 0.6 is 0 Å². The minimum atomic E-state index is 0.00449. The standard InChI is InChI=1S/C15H22N2O3/c1-10-6-4-5-7-17(10)15(18)11-8-12(16)14(20-3)13(9-11)19-2/h8-10H,4-7,16H2,1-3H3. The molecule has 1 unspecified atom stereocenters. The molecule has 0 aromatic heterocycles. The molecular formula is C15H22N2O3. The number of likely N-dealkylation sites (tertiary alicyclic amines) is 1. The molecule has 0 aliphatic carbocycles. The third-order valence-corrected chi connectivity index (χ3v) is 3.82. The highest BCUT2D eigenvalue weighted by atomic mass is 16.5. The maximum Gasteiger partial charge on any atom is 0.254 e. The lowest BCUT2D eigenvalue weighted by Crippen LogP contribution is -2.42. The minimum absolute atomic E-state index is 0.00449. The van der Waals surface area contributed by atoms with Gasteiger partial charge >= 0.3 is 0 Å². The number of hydrogen-bond donors (Lipinski definition) is 1. The molecule has 1 aliphatic heterocycles. The monoisotopic (exact) mass is 278 g/mol. The van der Waals surface area contributed by atoms with Gasteiger partial charge in [0.15, 0.2) is 11.5 Å². The molecule has 1 heterocycles. The molecule has 0 bridgehead atoms. The number of amides is 1. The van der Waals surface area contributed by atoms with Gasteiger partial charge in [-0.25, -0.2) is 0 Å². The van der Waals surface area contributed by atoms with Gasteiger partial charge in [-0.3, -0.25) is 4.79 Å². The summed E-state index contributed by atoms with van der Waals surface area (Å²) in [5.41, 5.74) is 6.90. The lowest BCUT2D eigenvalue weighted by molar-refractivity contribution is 0.0635. The van der Waals surface area contributed by atoms with Gasteiger partial charge in [0.05, 0.1) is 19.9 Å². The minimum Gasteiger partial charge on any atom is -0.493 e. The fourth-order valence-electron chi connectivity index (χ4n) is 2.68. The Balaban J connectivity index is 2.32. The Hall–Kier alpha value is -1.91. The summed E-state index contributed by atoms with van der Waals surface area (Å²) in [6.45, 7) is 2.88. The van der Waals surface area contributed by atoms with E-state index in [4.69, 9.17) is 15.2 Å². The fraction of sp³-hybridized carbons (Fsp3) is 0.533. The smallest absolute Gasteiger partial charge is 0.254 e. The van der Waals surface area contributed by atoms with Crippen molar-refractivity contribution < 1.29 is 14.3 Å². The number of rotatable bonds is 3. The Morgan fingerprint density at radius 3 is 2.65 bits per heavy atom. The molecule has 5 heteroatoms. The lowest BCUT2D eigenvalue weighted by atomic mass is 10.0. The predicted octanol–water partition coefficient (Wildman–Crippen LogP) is 2.30. The molecule has 2 rings (SSSR count). The summed E-state index contributed by atoms with van der Waals surface area (Å²) in [6, 6.07) is 3.62. The van der Waals surface area contributed by atoms with Crippen LogP contribution in [0.2, 0.25) is 0 Å². The Morgan fingerprint density at radius 2 is 2.05 bits per heavy atom. The van der Waals surface area contributed by atoms with Crippen molar-refractivity contribution in [2.24, 2.45) is 0 Å². The van der Waals surface area contributed by atoms with Crippen LogP contribution in [0, 0.1) is 0 Å². The van der Waals surface area contributed by atoms with E-state index in [0.717, 1.165) is 19.4 Å². The molecule has 1 aliphatic rings. The average Bonchev–Trinajstić information content (AvgIpc) is 2.46. The van der Waals surface area contributed by atoms with Crippen molar-refractivity contribution in [3.05, 3.63) is 17.7 Å². The predicted molar refractivity (Wildman–Crippen MR) is 78.3 cm³/mol. The van der Waals surface area contributed by atoms with Crippen LogP contribution in [-0.4, -0.2) is 37.6 Å². The highest BCUT2D eigenvalue weighted by Crippen LogP contribution is 2.35. The van der Waals surface area contributed by atoms with Gasteiger partial charge < -0.3 is 20.1 Å². The van der Waals surface area contributed by atoms with Crippen LogP contribution in [0.25, 0.3) is 0 Å². The number of nitrogens with two attached hydrogens (primary N) is 1. The molecule has 1 atom stereocenters. The largest absolute Gasteiger partial charge is 0.493 e. The number of piperidine rings is 1. The Kier molecular flexibility index (Phi) is 4.37. The van der Waals surface area contributed by atoms with Crippen LogP contribution in [0.3, 0.4) is 0 Å². The average molecular weight is 278 g/mol. The van der Waals surface area contributed by atoms with Crippen molar-refractivity contribution >= 4 is 11.6 Å². The van der Waals surface area contributed by atoms with Crippen molar-refractivity contribution in [3.8, 4) is 11.5 Å². The Morgan fingerprint density at radius 1 is 1.30 bits per heavy atom. The van der Waals surface area contributed by atoms with Crippen LogP contribution in [0.4, 0.5) is 5.69 Å². The van der Waals surface area contributed by atoms with E-state index in [9.17, 15) is 4.79 Å². The van der Waals surface area contributed by atoms with E-state index in [1.165, 1.54) is 20.6 Å². The molecular weight excluding hydrogens is 256 g/mol. The first-order valence-electron chi connectivity index (χ1n) is 6.91. The van der Waals surface area contributed by atoms with E-state index in [2.05, 4.69) is 6.92 Å². The first-order chi connectivity index (χ1) is 9.58. The Labute approximate surface area is 119 Å². The SMILES string of the molecule is COc1cc(C(=O)N2CCCCC2C)cc(N)c1OC. The number of anilines is 1. The van der Waals surface area contributed by atoms with Gasteiger partial charge in [-0.15, -0.1) is 0 Å². The van der Waals surface area contributed by atoms with E-state index >= 15 is 0 Å². The van der Waals surface area contributed by atoms with Crippen molar-refractivity contribution in [2.75, 3.05) is 26.5 Å². The number of nitrogens with zero attached hydrogens (tertiary/aromatic N) is 1. The third kappa shape index (κ3) is 2.66. The van der Waals surface area contributed by atoms with Crippen LogP contribution in [0.1, 0.15) is 36.5 Å².